The van der Waals surface area contributed by atoms with Crippen molar-refractivity contribution < 1.29 is 13.3 Å². The predicted molar refractivity (Wildman–Crippen MR) is 66.1 cm³/mol. The maximum atomic E-state index is 11.3. The SMILES string of the molecule is O=[N+]([O-])c1ccnc(NCC2CCS(=O)(=O)C2)c1. The standard InChI is InChI=1S/C10H13N3O4S/c14-13(15)9-1-3-11-10(5-9)12-6-8-2-4-18(16,17)7-8/h1,3,5,8H,2,4,6-7H2,(H,11,12). The monoisotopic (exact) mass is 271 g/mol. The molecule has 2 rings (SSSR count). The van der Waals surface area contributed by atoms with Crippen LogP contribution in [0, 0.1) is 16.0 Å². The summed E-state index contributed by atoms with van der Waals surface area (Å²) in [4.78, 5) is 14.0. The summed E-state index contributed by atoms with van der Waals surface area (Å²) in [7, 11) is -2.89. The van der Waals surface area contributed by atoms with Gasteiger partial charge in [0.05, 0.1) is 22.5 Å². The van der Waals surface area contributed by atoms with Gasteiger partial charge in [-0.15, -0.1) is 0 Å². The van der Waals surface area contributed by atoms with Gasteiger partial charge in [-0.3, -0.25) is 10.1 Å². The molecule has 1 unspecified atom stereocenters. The molecule has 18 heavy (non-hydrogen) atoms. The largest absolute Gasteiger partial charge is 0.370 e. The molecule has 1 aromatic heterocycles. The van der Waals surface area contributed by atoms with Crippen molar-refractivity contribution in [2.24, 2.45) is 5.92 Å². The van der Waals surface area contributed by atoms with E-state index in [1.165, 1.54) is 18.3 Å². The summed E-state index contributed by atoms with van der Waals surface area (Å²) in [6, 6.07) is 2.65. The van der Waals surface area contributed by atoms with Crippen molar-refractivity contribution in [3.63, 3.8) is 0 Å². The van der Waals surface area contributed by atoms with E-state index in [1.807, 2.05) is 0 Å². The minimum Gasteiger partial charge on any atom is -0.370 e. The number of hydrogen-bond donors (Lipinski definition) is 1. The van der Waals surface area contributed by atoms with Gasteiger partial charge in [0.15, 0.2) is 9.84 Å². The summed E-state index contributed by atoms with van der Waals surface area (Å²) in [6.07, 6.45) is 1.98. The number of pyridine rings is 1. The number of anilines is 1. The van der Waals surface area contributed by atoms with Crippen LogP contribution in [-0.4, -0.2) is 36.4 Å². The van der Waals surface area contributed by atoms with Crippen molar-refractivity contribution in [2.75, 3.05) is 23.4 Å². The number of rotatable bonds is 4. The first-order valence-electron chi connectivity index (χ1n) is 5.51. The summed E-state index contributed by atoms with van der Waals surface area (Å²) in [5, 5.41) is 13.5. The van der Waals surface area contributed by atoms with Gasteiger partial charge in [0, 0.05) is 18.8 Å². The highest BCUT2D eigenvalue weighted by Gasteiger charge is 2.27. The van der Waals surface area contributed by atoms with Crippen molar-refractivity contribution in [3.8, 4) is 0 Å². The third kappa shape index (κ3) is 3.16. The molecule has 0 saturated carbocycles. The van der Waals surface area contributed by atoms with Gasteiger partial charge >= 0.3 is 0 Å². The van der Waals surface area contributed by atoms with Gasteiger partial charge in [0.25, 0.3) is 5.69 Å². The number of sulfone groups is 1. The lowest BCUT2D eigenvalue weighted by Gasteiger charge is -2.09. The highest BCUT2D eigenvalue weighted by atomic mass is 32.2. The molecule has 7 nitrogen and oxygen atoms in total. The molecule has 2 heterocycles. The molecular formula is C10H13N3O4S. The van der Waals surface area contributed by atoms with Gasteiger partial charge in [-0.2, -0.15) is 0 Å². The normalized spacial score (nSPS) is 21.7. The van der Waals surface area contributed by atoms with Crippen LogP contribution in [0.3, 0.4) is 0 Å². The molecule has 0 amide bonds. The first-order chi connectivity index (χ1) is 8.46. The lowest BCUT2D eigenvalue weighted by Crippen LogP contribution is -2.16. The number of aromatic nitrogens is 1. The van der Waals surface area contributed by atoms with Crippen LogP contribution in [0.2, 0.25) is 0 Å². The maximum absolute atomic E-state index is 11.3. The molecule has 1 saturated heterocycles. The Morgan fingerprint density at radius 3 is 2.94 bits per heavy atom. The molecule has 0 bridgehead atoms. The molecule has 0 aliphatic carbocycles. The maximum Gasteiger partial charge on any atom is 0.274 e. The number of nitro groups is 1. The van der Waals surface area contributed by atoms with Gasteiger partial charge in [-0.25, -0.2) is 13.4 Å². The van der Waals surface area contributed by atoms with E-state index in [2.05, 4.69) is 10.3 Å². The second-order valence-electron chi connectivity index (χ2n) is 4.31. The van der Waals surface area contributed by atoms with Gasteiger partial charge in [0.1, 0.15) is 5.82 Å². The van der Waals surface area contributed by atoms with Gasteiger partial charge in [-0.05, 0) is 12.3 Å². The molecule has 1 N–H and O–H groups in total. The van der Waals surface area contributed by atoms with Crippen LogP contribution in [-0.2, 0) is 9.84 Å². The van der Waals surface area contributed by atoms with Crippen LogP contribution in [0.5, 0.6) is 0 Å². The second kappa shape index (κ2) is 4.89. The third-order valence-electron chi connectivity index (χ3n) is 2.85. The zero-order valence-corrected chi connectivity index (χ0v) is 10.4. The fourth-order valence-corrected chi connectivity index (χ4v) is 3.77. The molecule has 0 radical (unpaired) electrons. The van der Waals surface area contributed by atoms with Gasteiger partial charge in [-0.1, -0.05) is 0 Å². The van der Waals surface area contributed by atoms with Gasteiger partial charge < -0.3 is 5.32 Å². The molecule has 1 aliphatic heterocycles. The lowest BCUT2D eigenvalue weighted by molar-refractivity contribution is -0.384. The first-order valence-corrected chi connectivity index (χ1v) is 7.33. The Kier molecular flexibility index (Phi) is 3.46. The molecular weight excluding hydrogens is 258 g/mol. The molecule has 1 atom stereocenters. The smallest absolute Gasteiger partial charge is 0.274 e. The average molecular weight is 271 g/mol. The third-order valence-corrected chi connectivity index (χ3v) is 4.69. The molecule has 0 aromatic carbocycles. The fourth-order valence-electron chi connectivity index (χ4n) is 1.91. The minimum absolute atomic E-state index is 0.0356. The second-order valence-corrected chi connectivity index (χ2v) is 6.54. The van der Waals surface area contributed by atoms with E-state index in [0.717, 1.165) is 0 Å². The number of nitrogens with one attached hydrogen (secondary N) is 1. The summed E-state index contributed by atoms with van der Waals surface area (Å²) in [5.41, 5.74) is -0.0356. The van der Waals surface area contributed by atoms with Crippen LogP contribution in [0.15, 0.2) is 18.3 Å². The quantitative estimate of drug-likeness (QED) is 0.643. The van der Waals surface area contributed by atoms with E-state index >= 15 is 0 Å². The van der Waals surface area contributed by atoms with Crippen molar-refractivity contribution >= 4 is 21.3 Å². The zero-order chi connectivity index (χ0) is 13.2. The summed E-state index contributed by atoms with van der Waals surface area (Å²) < 4.78 is 22.5. The van der Waals surface area contributed by atoms with Gasteiger partial charge in [0.2, 0.25) is 0 Å². The van der Waals surface area contributed by atoms with Crippen molar-refractivity contribution in [3.05, 3.63) is 28.4 Å². The number of nitrogens with zero attached hydrogens (tertiary/aromatic N) is 2. The van der Waals surface area contributed by atoms with Crippen molar-refractivity contribution in [2.45, 2.75) is 6.42 Å². The Labute approximate surface area is 104 Å². The molecule has 98 valence electrons. The van der Waals surface area contributed by atoms with E-state index in [0.29, 0.717) is 18.8 Å². The number of hydrogen-bond acceptors (Lipinski definition) is 6. The topological polar surface area (TPSA) is 102 Å². The van der Waals surface area contributed by atoms with E-state index in [-0.39, 0.29) is 23.1 Å². The van der Waals surface area contributed by atoms with E-state index in [4.69, 9.17) is 0 Å². The molecule has 1 aliphatic rings. The summed E-state index contributed by atoms with van der Waals surface area (Å²) in [6.45, 7) is 0.466. The van der Waals surface area contributed by atoms with Crippen LogP contribution in [0.4, 0.5) is 11.5 Å². The lowest BCUT2D eigenvalue weighted by atomic mass is 10.1. The average Bonchev–Trinajstić information content (AvgIpc) is 2.67. The Bertz CT molecular complexity index is 558. The summed E-state index contributed by atoms with van der Waals surface area (Å²) in [5.74, 6) is 0.848. The molecule has 1 fully saturated rings. The Morgan fingerprint density at radius 1 is 1.56 bits per heavy atom. The van der Waals surface area contributed by atoms with Crippen molar-refractivity contribution in [1.29, 1.82) is 0 Å². The highest BCUT2D eigenvalue weighted by molar-refractivity contribution is 7.91. The van der Waals surface area contributed by atoms with E-state index < -0.39 is 14.8 Å². The van der Waals surface area contributed by atoms with Crippen LogP contribution in [0.25, 0.3) is 0 Å². The van der Waals surface area contributed by atoms with Crippen LogP contribution in [0.1, 0.15) is 6.42 Å². The highest BCUT2D eigenvalue weighted by Crippen LogP contribution is 2.20. The molecule has 1 aromatic rings. The Morgan fingerprint density at radius 2 is 2.33 bits per heavy atom. The van der Waals surface area contributed by atoms with Crippen LogP contribution < -0.4 is 5.32 Å². The summed E-state index contributed by atoms with van der Waals surface area (Å²) >= 11 is 0. The Hall–Kier alpha value is -1.70. The van der Waals surface area contributed by atoms with E-state index in [9.17, 15) is 18.5 Å². The van der Waals surface area contributed by atoms with Crippen LogP contribution >= 0.6 is 0 Å². The van der Waals surface area contributed by atoms with E-state index in [1.54, 1.807) is 0 Å². The zero-order valence-electron chi connectivity index (χ0n) is 9.57. The minimum atomic E-state index is -2.89. The fraction of sp³-hybridized carbons (Fsp3) is 0.500. The molecule has 0 spiro atoms. The Balaban J connectivity index is 1.95. The predicted octanol–water partition coefficient (Wildman–Crippen LogP) is 0.836. The van der Waals surface area contributed by atoms with Crippen molar-refractivity contribution in [1.82, 2.24) is 4.98 Å². The molecule has 8 heteroatoms. The first kappa shape index (κ1) is 12.7.